The summed E-state index contributed by atoms with van der Waals surface area (Å²) in [5.41, 5.74) is 4.56. The van der Waals surface area contributed by atoms with Crippen LogP contribution in [0.3, 0.4) is 0 Å². The van der Waals surface area contributed by atoms with Crippen LogP contribution in [0.4, 0.5) is 0 Å². The molecule has 2 atom stereocenters. The van der Waals surface area contributed by atoms with Crippen molar-refractivity contribution in [2.45, 2.75) is 44.7 Å². The fraction of sp³-hybridized carbons (Fsp3) is 0.467. The van der Waals surface area contributed by atoms with Gasteiger partial charge in [-0.05, 0) is 42.4 Å². The van der Waals surface area contributed by atoms with E-state index in [0.717, 1.165) is 12.5 Å². The van der Waals surface area contributed by atoms with Crippen LogP contribution in [0.25, 0.3) is 5.57 Å². The van der Waals surface area contributed by atoms with E-state index in [2.05, 4.69) is 42.6 Å². The maximum atomic E-state index is 3.65. The minimum absolute atomic E-state index is 0.638. The van der Waals surface area contributed by atoms with E-state index in [-0.39, 0.29) is 0 Å². The zero-order chi connectivity index (χ0) is 11.0. The van der Waals surface area contributed by atoms with Crippen LogP contribution in [-0.2, 0) is 6.42 Å². The maximum absolute atomic E-state index is 3.65. The summed E-state index contributed by atoms with van der Waals surface area (Å²) in [5, 5.41) is 3.65. The number of hydrogen-bond acceptors (Lipinski definition) is 1. The van der Waals surface area contributed by atoms with Gasteiger partial charge in [0.15, 0.2) is 0 Å². The molecule has 0 spiro atoms. The summed E-state index contributed by atoms with van der Waals surface area (Å²) in [6.07, 6.45) is 7.48. The normalized spacial score (nSPS) is 27.9. The molecule has 0 aromatic heterocycles. The number of fused-ring (bicyclic) bond motifs is 2. The molecule has 2 heterocycles. The second-order valence-electron chi connectivity index (χ2n) is 4.95. The first-order valence-corrected chi connectivity index (χ1v) is 6.42. The second-order valence-corrected chi connectivity index (χ2v) is 4.95. The smallest absolute Gasteiger partial charge is 0.0259 e. The number of aryl methyl sites for hydroxylation is 1. The lowest BCUT2D eigenvalue weighted by atomic mass is 9.92. The lowest BCUT2D eigenvalue weighted by molar-refractivity contribution is 0.575. The van der Waals surface area contributed by atoms with E-state index in [1.54, 1.807) is 5.57 Å². The largest absolute Gasteiger partial charge is 0.307 e. The number of hydrogen-bond donors (Lipinski definition) is 1. The topological polar surface area (TPSA) is 12.0 Å². The van der Waals surface area contributed by atoms with Gasteiger partial charge in [0.1, 0.15) is 0 Å². The Balaban J connectivity index is 1.97. The van der Waals surface area contributed by atoms with Crippen LogP contribution in [0, 0.1) is 0 Å². The molecule has 1 heteroatoms. The van der Waals surface area contributed by atoms with Crippen molar-refractivity contribution < 1.29 is 0 Å². The Hall–Kier alpha value is -1.08. The molecule has 1 N–H and O–H groups in total. The molecule has 0 saturated carbocycles. The van der Waals surface area contributed by atoms with E-state index >= 15 is 0 Å². The molecule has 2 aliphatic rings. The molecular formula is C15H19N. The van der Waals surface area contributed by atoms with Crippen molar-refractivity contribution in [2.75, 3.05) is 0 Å². The van der Waals surface area contributed by atoms with Crippen LogP contribution in [0.15, 0.2) is 30.3 Å². The fourth-order valence-corrected chi connectivity index (χ4v) is 3.06. The number of benzene rings is 1. The summed E-state index contributed by atoms with van der Waals surface area (Å²) >= 11 is 0. The van der Waals surface area contributed by atoms with Crippen molar-refractivity contribution in [1.82, 2.24) is 5.32 Å². The molecule has 0 amide bonds. The summed E-state index contributed by atoms with van der Waals surface area (Å²) in [4.78, 5) is 0. The maximum Gasteiger partial charge on any atom is 0.0259 e. The Morgan fingerprint density at radius 3 is 2.94 bits per heavy atom. The van der Waals surface area contributed by atoms with Gasteiger partial charge in [-0.1, -0.05) is 37.3 Å². The summed E-state index contributed by atoms with van der Waals surface area (Å²) in [6.45, 7) is 2.25. The quantitative estimate of drug-likeness (QED) is 0.795. The number of nitrogens with one attached hydrogen (secondary N) is 1. The Morgan fingerprint density at radius 2 is 2.12 bits per heavy atom. The van der Waals surface area contributed by atoms with Gasteiger partial charge in [0, 0.05) is 12.1 Å². The SMILES string of the molecule is CCc1ccccc1C1=CC2CCC(C1)N2. The average molecular weight is 213 g/mol. The molecule has 0 radical (unpaired) electrons. The highest BCUT2D eigenvalue weighted by Gasteiger charge is 2.28. The lowest BCUT2D eigenvalue weighted by Gasteiger charge is -2.22. The highest BCUT2D eigenvalue weighted by molar-refractivity contribution is 5.70. The van der Waals surface area contributed by atoms with Crippen molar-refractivity contribution in [3.63, 3.8) is 0 Å². The van der Waals surface area contributed by atoms with Crippen LogP contribution in [0.1, 0.15) is 37.3 Å². The van der Waals surface area contributed by atoms with Crippen LogP contribution >= 0.6 is 0 Å². The molecule has 3 rings (SSSR count). The second kappa shape index (κ2) is 4.06. The Bertz CT molecular complexity index is 419. The molecule has 1 fully saturated rings. The lowest BCUT2D eigenvalue weighted by Crippen LogP contribution is -2.32. The van der Waals surface area contributed by atoms with Crippen LogP contribution in [-0.4, -0.2) is 12.1 Å². The van der Waals surface area contributed by atoms with Gasteiger partial charge < -0.3 is 5.32 Å². The molecule has 0 aliphatic carbocycles. The summed E-state index contributed by atoms with van der Waals surface area (Å²) in [7, 11) is 0. The van der Waals surface area contributed by atoms with Gasteiger partial charge in [-0.3, -0.25) is 0 Å². The molecular weight excluding hydrogens is 194 g/mol. The molecule has 16 heavy (non-hydrogen) atoms. The molecule has 1 aromatic carbocycles. The summed E-state index contributed by atoms with van der Waals surface area (Å²) < 4.78 is 0. The molecule has 1 aromatic rings. The summed E-state index contributed by atoms with van der Waals surface area (Å²) in [5.74, 6) is 0. The van der Waals surface area contributed by atoms with Crippen molar-refractivity contribution in [1.29, 1.82) is 0 Å². The third-order valence-corrected chi connectivity index (χ3v) is 3.89. The fourth-order valence-electron chi connectivity index (χ4n) is 3.06. The molecule has 2 aliphatic heterocycles. The first kappa shape index (κ1) is 10.1. The van der Waals surface area contributed by atoms with Crippen LogP contribution in [0.2, 0.25) is 0 Å². The zero-order valence-corrected chi connectivity index (χ0v) is 9.87. The average Bonchev–Trinajstić information content (AvgIpc) is 2.68. The van der Waals surface area contributed by atoms with Gasteiger partial charge in [0.25, 0.3) is 0 Å². The van der Waals surface area contributed by atoms with Gasteiger partial charge in [0.05, 0.1) is 0 Å². The standard InChI is InChI=1S/C15H19N/c1-2-11-5-3-4-6-15(11)12-9-13-7-8-14(10-12)16-13/h3-6,9,13-14,16H,2,7-8,10H2,1H3. The van der Waals surface area contributed by atoms with Crippen molar-refractivity contribution >= 4 is 5.57 Å². The zero-order valence-electron chi connectivity index (χ0n) is 9.87. The van der Waals surface area contributed by atoms with Crippen LogP contribution in [0.5, 0.6) is 0 Å². The third-order valence-electron chi connectivity index (χ3n) is 3.89. The van der Waals surface area contributed by atoms with Gasteiger partial charge in [-0.15, -0.1) is 0 Å². The molecule has 2 unspecified atom stereocenters. The highest BCUT2D eigenvalue weighted by atomic mass is 15.0. The third kappa shape index (κ3) is 1.69. The Kier molecular flexibility index (Phi) is 2.56. The van der Waals surface area contributed by atoms with E-state index in [9.17, 15) is 0 Å². The van der Waals surface area contributed by atoms with E-state index in [0.29, 0.717) is 6.04 Å². The van der Waals surface area contributed by atoms with E-state index in [1.807, 2.05) is 0 Å². The number of rotatable bonds is 2. The van der Waals surface area contributed by atoms with Gasteiger partial charge in [-0.25, -0.2) is 0 Å². The predicted molar refractivity (Wildman–Crippen MR) is 68.4 cm³/mol. The van der Waals surface area contributed by atoms with Crippen molar-refractivity contribution in [3.05, 3.63) is 41.5 Å². The molecule has 1 nitrogen and oxygen atoms in total. The Labute approximate surface area is 97.6 Å². The minimum Gasteiger partial charge on any atom is -0.307 e. The highest BCUT2D eigenvalue weighted by Crippen LogP contribution is 2.33. The molecule has 84 valence electrons. The van der Waals surface area contributed by atoms with E-state index in [1.165, 1.54) is 30.4 Å². The van der Waals surface area contributed by atoms with E-state index in [4.69, 9.17) is 0 Å². The van der Waals surface area contributed by atoms with Gasteiger partial charge in [0.2, 0.25) is 0 Å². The first-order valence-electron chi connectivity index (χ1n) is 6.42. The Morgan fingerprint density at radius 1 is 1.25 bits per heavy atom. The molecule has 2 bridgehead atoms. The van der Waals surface area contributed by atoms with E-state index < -0.39 is 0 Å². The van der Waals surface area contributed by atoms with Gasteiger partial charge in [-0.2, -0.15) is 0 Å². The van der Waals surface area contributed by atoms with Crippen molar-refractivity contribution in [3.8, 4) is 0 Å². The minimum atomic E-state index is 0.638. The van der Waals surface area contributed by atoms with Crippen LogP contribution < -0.4 is 5.32 Å². The monoisotopic (exact) mass is 213 g/mol. The summed E-state index contributed by atoms with van der Waals surface area (Å²) in [6, 6.07) is 10.2. The first-order chi connectivity index (χ1) is 7.86. The molecule has 1 saturated heterocycles. The van der Waals surface area contributed by atoms with Gasteiger partial charge >= 0.3 is 0 Å². The predicted octanol–water partition coefficient (Wildman–Crippen LogP) is 3.16. The van der Waals surface area contributed by atoms with Crippen molar-refractivity contribution in [2.24, 2.45) is 0 Å².